The van der Waals surface area contributed by atoms with Gasteiger partial charge in [0, 0.05) is 17.5 Å². The van der Waals surface area contributed by atoms with Gasteiger partial charge < -0.3 is 14.8 Å². The first kappa shape index (κ1) is 22.6. The van der Waals surface area contributed by atoms with E-state index in [0.29, 0.717) is 34.6 Å². The van der Waals surface area contributed by atoms with E-state index < -0.39 is 5.91 Å². The van der Waals surface area contributed by atoms with E-state index in [2.05, 4.69) is 32.9 Å². The van der Waals surface area contributed by atoms with Crippen LogP contribution in [0.3, 0.4) is 0 Å². The van der Waals surface area contributed by atoms with Gasteiger partial charge in [-0.05, 0) is 71.1 Å². The highest BCUT2D eigenvalue weighted by atomic mass is 127. The average Bonchev–Trinajstić information content (AvgIpc) is 3.00. The lowest BCUT2D eigenvalue weighted by molar-refractivity contribution is -0.117. The fourth-order valence-electron chi connectivity index (χ4n) is 2.60. The highest BCUT2D eigenvalue weighted by Crippen LogP contribution is 2.37. The summed E-state index contributed by atoms with van der Waals surface area (Å²) in [5.74, 6) is 0.515. The summed E-state index contributed by atoms with van der Waals surface area (Å²) in [5, 5.41) is 3.45. The molecule has 0 saturated carbocycles. The summed E-state index contributed by atoms with van der Waals surface area (Å²) in [6.07, 6.45) is 1.72. The van der Waals surface area contributed by atoms with Crippen molar-refractivity contribution in [2.24, 2.45) is 4.99 Å². The highest BCUT2D eigenvalue weighted by molar-refractivity contribution is 14.1. The Bertz CT molecular complexity index is 1060. The third-order valence-electron chi connectivity index (χ3n) is 3.86. The van der Waals surface area contributed by atoms with Gasteiger partial charge >= 0.3 is 0 Å². The Kier molecular flexibility index (Phi) is 7.79. The van der Waals surface area contributed by atoms with Crippen molar-refractivity contribution in [3.8, 4) is 11.5 Å². The normalized spacial score (nSPS) is 14.6. The molecule has 0 saturated heterocycles. The molecule has 0 atom stereocenters. The van der Waals surface area contributed by atoms with Gasteiger partial charge in [0.1, 0.15) is 6.61 Å². The first-order chi connectivity index (χ1) is 14.4. The van der Waals surface area contributed by atoms with Crippen LogP contribution in [0.25, 0.3) is 6.08 Å². The summed E-state index contributed by atoms with van der Waals surface area (Å²) in [6, 6.07) is 11.2. The fourth-order valence-corrected chi connectivity index (χ4v) is 4.44. The maximum absolute atomic E-state index is 12.1. The predicted octanol–water partition coefficient (Wildman–Crippen LogP) is 5.03. The smallest absolute Gasteiger partial charge is 0.286 e. The minimum absolute atomic E-state index is 0.275. The van der Waals surface area contributed by atoms with Crippen molar-refractivity contribution in [2.75, 3.05) is 6.61 Å². The van der Waals surface area contributed by atoms with Crippen molar-refractivity contribution >= 4 is 69.0 Å². The second-order valence-corrected chi connectivity index (χ2v) is 8.76. The van der Waals surface area contributed by atoms with Crippen LogP contribution in [0.5, 0.6) is 11.5 Å². The van der Waals surface area contributed by atoms with Gasteiger partial charge in [0.15, 0.2) is 16.7 Å². The molecule has 2 amide bonds. The van der Waals surface area contributed by atoms with Gasteiger partial charge in [-0.3, -0.25) is 9.59 Å². The summed E-state index contributed by atoms with van der Waals surface area (Å²) < 4.78 is 12.6. The molecule has 1 N–H and O–H groups in total. The number of benzene rings is 2. The number of thioether (sulfide) groups is 1. The van der Waals surface area contributed by atoms with Crippen LogP contribution < -0.4 is 14.8 Å². The molecule has 0 spiro atoms. The lowest BCUT2D eigenvalue weighted by atomic mass is 10.2. The lowest BCUT2D eigenvalue weighted by Crippen LogP contribution is -2.23. The van der Waals surface area contributed by atoms with E-state index in [1.165, 1.54) is 6.92 Å². The van der Waals surface area contributed by atoms with Crippen LogP contribution in [-0.2, 0) is 16.2 Å². The molecule has 6 nitrogen and oxygen atoms in total. The summed E-state index contributed by atoms with van der Waals surface area (Å²) in [4.78, 5) is 27.6. The molecule has 0 unspecified atom stereocenters. The number of hydrogen-bond donors (Lipinski definition) is 1. The molecule has 3 rings (SSSR count). The fraction of sp³-hybridized carbons (Fsp3) is 0.190. The first-order valence-corrected chi connectivity index (χ1v) is 11.3. The SMILES string of the molecule is CCOc1cc(/C=C2\SC(NC(C)=O)=NC2=O)cc(I)c1OCc1ccccc1Cl. The molecule has 0 aliphatic carbocycles. The van der Waals surface area contributed by atoms with Gasteiger partial charge in [0.2, 0.25) is 5.91 Å². The van der Waals surface area contributed by atoms with Crippen LogP contribution in [0.1, 0.15) is 25.0 Å². The summed E-state index contributed by atoms with van der Waals surface area (Å²) in [7, 11) is 0. The monoisotopic (exact) mass is 556 g/mol. The second-order valence-electron chi connectivity index (χ2n) is 6.16. The number of ether oxygens (including phenoxy) is 2. The van der Waals surface area contributed by atoms with Gasteiger partial charge in [-0.1, -0.05) is 29.8 Å². The molecule has 9 heteroatoms. The topological polar surface area (TPSA) is 77.0 Å². The summed E-state index contributed by atoms with van der Waals surface area (Å²) in [6.45, 7) is 4.02. The van der Waals surface area contributed by atoms with Crippen LogP contribution in [0.15, 0.2) is 46.3 Å². The Morgan fingerprint density at radius 2 is 2.07 bits per heavy atom. The van der Waals surface area contributed by atoms with E-state index in [1.807, 2.05) is 43.3 Å². The average molecular weight is 557 g/mol. The standard InChI is InChI=1S/C21H18ClIN2O4S/c1-3-28-17-9-13(10-18-20(27)25-21(30-18)24-12(2)26)8-16(23)19(17)29-11-14-6-4-5-7-15(14)22/h4-10H,3,11H2,1-2H3,(H,24,25,26,27)/b18-10-. The van der Waals surface area contributed by atoms with Crippen LogP contribution in [0.2, 0.25) is 5.02 Å². The van der Waals surface area contributed by atoms with Gasteiger partial charge in [0.25, 0.3) is 5.91 Å². The van der Waals surface area contributed by atoms with E-state index in [0.717, 1.165) is 26.5 Å². The molecule has 2 aromatic rings. The highest BCUT2D eigenvalue weighted by Gasteiger charge is 2.23. The predicted molar refractivity (Wildman–Crippen MR) is 128 cm³/mol. The van der Waals surface area contributed by atoms with E-state index in [4.69, 9.17) is 21.1 Å². The maximum Gasteiger partial charge on any atom is 0.286 e. The van der Waals surface area contributed by atoms with Gasteiger partial charge in [-0.2, -0.15) is 4.99 Å². The molecule has 0 fully saturated rings. The molecule has 1 aliphatic heterocycles. The van der Waals surface area contributed by atoms with Crippen molar-refractivity contribution in [1.29, 1.82) is 0 Å². The number of amides is 2. The second kappa shape index (κ2) is 10.3. The number of amidine groups is 1. The van der Waals surface area contributed by atoms with Crippen molar-refractivity contribution in [1.82, 2.24) is 5.32 Å². The van der Waals surface area contributed by atoms with Crippen LogP contribution in [-0.4, -0.2) is 23.6 Å². The van der Waals surface area contributed by atoms with Gasteiger partial charge in [-0.25, -0.2) is 0 Å². The summed E-state index contributed by atoms with van der Waals surface area (Å²) in [5.41, 5.74) is 1.64. The minimum atomic E-state index is -0.393. The Balaban J connectivity index is 1.84. The van der Waals surface area contributed by atoms with E-state index in [-0.39, 0.29) is 11.1 Å². The zero-order chi connectivity index (χ0) is 21.7. The quantitative estimate of drug-likeness (QED) is 0.399. The molecule has 156 valence electrons. The molecule has 2 aromatic carbocycles. The molecule has 1 heterocycles. The molecular formula is C21H18ClIN2O4S. The van der Waals surface area contributed by atoms with Crippen LogP contribution in [0.4, 0.5) is 0 Å². The van der Waals surface area contributed by atoms with Crippen molar-refractivity contribution in [3.63, 3.8) is 0 Å². The molecular weight excluding hydrogens is 539 g/mol. The molecule has 0 radical (unpaired) electrons. The first-order valence-electron chi connectivity index (χ1n) is 9.00. The molecule has 1 aliphatic rings. The van der Waals surface area contributed by atoms with Crippen LogP contribution in [0, 0.1) is 3.57 Å². The minimum Gasteiger partial charge on any atom is -0.490 e. The largest absolute Gasteiger partial charge is 0.490 e. The summed E-state index contributed by atoms with van der Waals surface area (Å²) >= 11 is 9.51. The van der Waals surface area contributed by atoms with Gasteiger partial charge in [0.05, 0.1) is 15.1 Å². The Morgan fingerprint density at radius 1 is 1.30 bits per heavy atom. The number of halogens is 2. The van der Waals surface area contributed by atoms with E-state index >= 15 is 0 Å². The zero-order valence-electron chi connectivity index (χ0n) is 16.2. The van der Waals surface area contributed by atoms with E-state index in [9.17, 15) is 9.59 Å². The van der Waals surface area contributed by atoms with Gasteiger partial charge in [-0.15, -0.1) is 0 Å². The zero-order valence-corrected chi connectivity index (χ0v) is 19.9. The van der Waals surface area contributed by atoms with Crippen molar-refractivity contribution in [3.05, 3.63) is 61.0 Å². The molecule has 0 aromatic heterocycles. The number of nitrogens with zero attached hydrogens (tertiary/aromatic N) is 1. The number of rotatable bonds is 6. The number of nitrogens with one attached hydrogen (secondary N) is 1. The molecule has 0 bridgehead atoms. The Labute approximate surface area is 197 Å². The lowest BCUT2D eigenvalue weighted by Gasteiger charge is -2.15. The number of aliphatic imine (C=N–C) groups is 1. The number of carbonyl (C=O) groups is 2. The third kappa shape index (κ3) is 5.77. The van der Waals surface area contributed by atoms with Crippen molar-refractivity contribution < 1.29 is 19.1 Å². The van der Waals surface area contributed by atoms with Crippen molar-refractivity contribution in [2.45, 2.75) is 20.5 Å². The number of hydrogen-bond acceptors (Lipinski definition) is 5. The van der Waals surface area contributed by atoms with E-state index in [1.54, 1.807) is 6.08 Å². The Hall–Kier alpha value is -2.04. The van der Waals surface area contributed by atoms with Crippen LogP contribution >= 0.6 is 46.0 Å². The maximum atomic E-state index is 12.1. The number of carbonyl (C=O) groups excluding carboxylic acids is 2. The Morgan fingerprint density at radius 3 is 2.77 bits per heavy atom. The molecule has 30 heavy (non-hydrogen) atoms. The third-order valence-corrected chi connectivity index (χ3v) is 5.93.